The maximum atomic E-state index is 12.9. The van der Waals surface area contributed by atoms with Gasteiger partial charge >= 0.3 is 0 Å². The first-order valence-electron chi connectivity index (χ1n) is 9.11. The lowest BCUT2D eigenvalue weighted by Crippen LogP contribution is -2.49. The Morgan fingerprint density at radius 2 is 1.92 bits per heavy atom. The summed E-state index contributed by atoms with van der Waals surface area (Å²) in [5.74, 6) is -0.773. The summed E-state index contributed by atoms with van der Waals surface area (Å²) in [6, 6.07) is 5.52. The zero-order valence-corrected chi connectivity index (χ0v) is 15.6. The molecule has 1 atom stereocenters. The molecule has 2 amide bonds. The van der Waals surface area contributed by atoms with Gasteiger partial charge in [0.1, 0.15) is 0 Å². The molecule has 1 aromatic carbocycles. The second-order valence-corrected chi connectivity index (χ2v) is 7.63. The maximum Gasteiger partial charge on any atom is 0.228 e. The standard InChI is InChI=1S/C19H23ClN2O4/c1-13-15(20)3-2-4-16(13)22-12-14(11-17(22)23)18(24)21-7-5-19(6-8-21)25-9-10-26-19/h2-4,14H,5-12H2,1H3. The molecule has 0 bridgehead atoms. The van der Waals surface area contributed by atoms with Crippen molar-refractivity contribution in [1.29, 1.82) is 0 Å². The number of benzene rings is 1. The maximum absolute atomic E-state index is 12.9. The molecule has 140 valence electrons. The number of carbonyl (C=O) groups excluding carboxylic acids is 2. The number of hydrogen-bond acceptors (Lipinski definition) is 4. The van der Waals surface area contributed by atoms with Crippen LogP contribution < -0.4 is 4.90 Å². The van der Waals surface area contributed by atoms with E-state index in [4.69, 9.17) is 21.1 Å². The summed E-state index contributed by atoms with van der Waals surface area (Å²) >= 11 is 6.18. The fourth-order valence-corrected chi connectivity index (χ4v) is 4.28. The SMILES string of the molecule is Cc1c(Cl)cccc1N1CC(C(=O)N2CCC3(CC2)OCCO3)CC1=O. The van der Waals surface area contributed by atoms with Gasteiger partial charge in [0.2, 0.25) is 11.8 Å². The Morgan fingerprint density at radius 3 is 2.62 bits per heavy atom. The van der Waals surface area contributed by atoms with Gasteiger partial charge < -0.3 is 19.3 Å². The highest BCUT2D eigenvalue weighted by Crippen LogP contribution is 2.34. The smallest absolute Gasteiger partial charge is 0.228 e. The first-order chi connectivity index (χ1) is 12.5. The van der Waals surface area contributed by atoms with Crippen molar-refractivity contribution in [2.75, 3.05) is 37.7 Å². The van der Waals surface area contributed by atoms with Crippen molar-refractivity contribution in [1.82, 2.24) is 4.90 Å². The third-order valence-electron chi connectivity index (χ3n) is 5.65. The number of rotatable bonds is 2. The number of amides is 2. The van der Waals surface area contributed by atoms with E-state index in [0.29, 0.717) is 50.7 Å². The molecule has 0 N–H and O–H groups in total. The molecule has 3 aliphatic rings. The number of halogens is 1. The molecule has 1 aromatic rings. The van der Waals surface area contributed by atoms with E-state index in [-0.39, 0.29) is 24.2 Å². The van der Waals surface area contributed by atoms with Crippen molar-refractivity contribution in [2.45, 2.75) is 32.0 Å². The number of ether oxygens (including phenoxy) is 2. The van der Waals surface area contributed by atoms with Gasteiger partial charge in [0, 0.05) is 49.6 Å². The van der Waals surface area contributed by atoms with Gasteiger partial charge in [0.15, 0.2) is 5.79 Å². The molecule has 0 aromatic heterocycles. The topological polar surface area (TPSA) is 59.1 Å². The lowest BCUT2D eigenvalue weighted by Gasteiger charge is -2.38. The molecular formula is C19H23ClN2O4. The summed E-state index contributed by atoms with van der Waals surface area (Å²) in [6.07, 6.45) is 1.63. The van der Waals surface area contributed by atoms with Crippen LogP contribution in [0.15, 0.2) is 18.2 Å². The third kappa shape index (κ3) is 3.10. The van der Waals surface area contributed by atoms with Crippen LogP contribution in [0.1, 0.15) is 24.8 Å². The number of hydrogen-bond donors (Lipinski definition) is 0. The predicted molar refractivity (Wildman–Crippen MR) is 97.1 cm³/mol. The monoisotopic (exact) mass is 378 g/mol. The Morgan fingerprint density at radius 1 is 1.23 bits per heavy atom. The van der Waals surface area contributed by atoms with Gasteiger partial charge in [-0.1, -0.05) is 17.7 Å². The Labute approximate surface area is 158 Å². The lowest BCUT2D eigenvalue weighted by atomic mass is 10.0. The van der Waals surface area contributed by atoms with Crippen LogP contribution in [0.5, 0.6) is 0 Å². The van der Waals surface area contributed by atoms with Crippen LogP contribution in [0.4, 0.5) is 5.69 Å². The number of piperidine rings is 1. The molecule has 4 rings (SSSR count). The zero-order valence-electron chi connectivity index (χ0n) is 14.9. The largest absolute Gasteiger partial charge is 0.347 e. The fourth-order valence-electron chi connectivity index (χ4n) is 4.11. The summed E-state index contributed by atoms with van der Waals surface area (Å²) in [5, 5.41) is 0.628. The fraction of sp³-hybridized carbons (Fsp3) is 0.579. The van der Waals surface area contributed by atoms with Crippen LogP contribution in [0.25, 0.3) is 0 Å². The number of carbonyl (C=O) groups is 2. The average Bonchev–Trinajstić information content (AvgIpc) is 3.25. The minimum absolute atomic E-state index is 0.0235. The molecule has 3 fully saturated rings. The molecule has 0 radical (unpaired) electrons. The Hall–Kier alpha value is -1.63. The van der Waals surface area contributed by atoms with E-state index in [0.717, 1.165) is 11.3 Å². The lowest BCUT2D eigenvalue weighted by molar-refractivity contribution is -0.188. The molecule has 3 aliphatic heterocycles. The van der Waals surface area contributed by atoms with Crippen LogP contribution in [0.3, 0.4) is 0 Å². The minimum atomic E-state index is -0.494. The van der Waals surface area contributed by atoms with E-state index >= 15 is 0 Å². The first-order valence-corrected chi connectivity index (χ1v) is 9.49. The van der Waals surface area contributed by atoms with Crippen molar-refractivity contribution in [3.63, 3.8) is 0 Å². The molecule has 1 spiro atoms. The molecule has 0 saturated carbocycles. The summed E-state index contributed by atoms with van der Waals surface area (Å²) in [7, 11) is 0. The minimum Gasteiger partial charge on any atom is -0.347 e. The van der Waals surface area contributed by atoms with Gasteiger partial charge in [-0.3, -0.25) is 9.59 Å². The van der Waals surface area contributed by atoms with Crippen LogP contribution in [0, 0.1) is 12.8 Å². The van der Waals surface area contributed by atoms with Crippen molar-refractivity contribution in [2.24, 2.45) is 5.92 Å². The summed E-state index contributed by atoms with van der Waals surface area (Å²) in [5.41, 5.74) is 1.66. The molecule has 1 unspecified atom stereocenters. The van der Waals surface area contributed by atoms with Crippen molar-refractivity contribution in [3.05, 3.63) is 28.8 Å². The molecule has 26 heavy (non-hydrogen) atoms. The number of anilines is 1. The Bertz CT molecular complexity index is 722. The zero-order chi connectivity index (χ0) is 18.3. The summed E-state index contributed by atoms with van der Waals surface area (Å²) < 4.78 is 11.4. The Kier molecular flexibility index (Phi) is 4.67. The second kappa shape index (κ2) is 6.83. The highest BCUT2D eigenvalue weighted by Gasteiger charge is 2.43. The van der Waals surface area contributed by atoms with E-state index in [1.807, 2.05) is 24.0 Å². The van der Waals surface area contributed by atoms with E-state index in [9.17, 15) is 9.59 Å². The van der Waals surface area contributed by atoms with Gasteiger partial charge in [-0.2, -0.15) is 0 Å². The second-order valence-electron chi connectivity index (χ2n) is 7.22. The van der Waals surface area contributed by atoms with Crippen molar-refractivity contribution < 1.29 is 19.1 Å². The van der Waals surface area contributed by atoms with Gasteiger partial charge in [-0.15, -0.1) is 0 Å². The van der Waals surface area contributed by atoms with Gasteiger partial charge in [-0.05, 0) is 24.6 Å². The third-order valence-corrected chi connectivity index (χ3v) is 6.06. The van der Waals surface area contributed by atoms with E-state index in [1.165, 1.54) is 0 Å². The van der Waals surface area contributed by atoms with Crippen LogP contribution >= 0.6 is 11.6 Å². The van der Waals surface area contributed by atoms with Crippen molar-refractivity contribution in [3.8, 4) is 0 Å². The van der Waals surface area contributed by atoms with E-state index in [1.54, 1.807) is 11.0 Å². The highest BCUT2D eigenvalue weighted by atomic mass is 35.5. The van der Waals surface area contributed by atoms with Gasteiger partial charge in [-0.25, -0.2) is 0 Å². The van der Waals surface area contributed by atoms with Crippen LogP contribution in [0.2, 0.25) is 5.02 Å². The summed E-state index contributed by atoms with van der Waals surface area (Å²) in [4.78, 5) is 29.0. The van der Waals surface area contributed by atoms with E-state index in [2.05, 4.69) is 0 Å². The van der Waals surface area contributed by atoms with Crippen LogP contribution in [-0.2, 0) is 19.1 Å². The highest BCUT2D eigenvalue weighted by molar-refractivity contribution is 6.31. The van der Waals surface area contributed by atoms with Crippen molar-refractivity contribution >= 4 is 29.1 Å². The molecule has 0 aliphatic carbocycles. The van der Waals surface area contributed by atoms with Gasteiger partial charge in [0.05, 0.1) is 19.1 Å². The van der Waals surface area contributed by atoms with Crippen LogP contribution in [-0.4, -0.2) is 55.3 Å². The molecular weight excluding hydrogens is 356 g/mol. The normalized spacial score (nSPS) is 25.3. The quantitative estimate of drug-likeness (QED) is 0.792. The summed E-state index contributed by atoms with van der Waals surface area (Å²) in [6.45, 7) is 4.77. The Balaban J connectivity index is 1.42. The molecule has 6 nitrogen and oxygen atoms in total. The number of likely N-dealkylation sites (tertiary alicyclic amines) is 1. The van der Waals surface area contributed by atoms with E-state index < -0.39 is 5.79 Å². The average molecular weight is 379 g/mol. The predicted octanol–water partition coefficient (Wildman–Crippen LogP) is 2.37. The molecule has 3 saturated heterocycles. The first kappa shape index (κ1) is 17.8. The molecule has 3 heterocycles. The molecule has 7 heteroatoms. The van der Waals surface area contributed by atoms with Gasteiger partial charge in [0.25, 0.3) is 0 Å². The number of nitrogens with zero attached hydrogens (tertiary/aromatic N) is 2.